The molecule has 0 atom stereocenters. The Balaban J connectivity index is 2.28. The Labute approximate surface area is 107 Å². The largest absolute Gasteiger partial charge is 0.356 e. The van der Waals surface area contributed by atoms with Crippen LogP contribution in [0.5, 0.6) is 0 Å². The van der Waals surface area contributed by atoms with Crippen molar-refractivity contribution < 1.29 is 0 Å². The Morgan fingerprint density at radius 3 is 2.61 bits per heavy atom. The lowest BCUT2D eigenvalue weighted by atomic mass is 10.0. The van der Waals surface area contributed by atoms with E-state index in [1.54, 1.807) is 6.33 Å². The first-order valence-electron chi connectivity index (χ1n) is 6.63. The van der Waals surface area contributed by atoms with Gasteiger partial charge in [-0.05, 0) is 25.7 Å². The number of fused-ring (bicyclic) bond motifs is 1. The number of hydrogen-bond donors (Lipinski definition) is 0. The molecule has 0 spiro atoms. The Bertz CT molecular complexity index is 566. The molecule has 1 aliphatic heterocycles. The van der Waals surface area contributed by atoms with Crippen molar-refractivity contribution in [3.05, 3.63) is 17.6 Å². The van der Waals surface area contributed by atoms with E-state index >= 15 is 0 Å². The predicted molar refractivity (Wildman–Crippen MR) is 71.1 cm³/mol. The number of aryl methyl sites for hydroxylation is 1. The van der Waals surface area contributed by atoms with Crippen molar-refractivity contribution in [2.75, 3.05) is 18.0 Å². The molecule has 0 radical (unpaired) electrons. The molecule has 96 valence electrons. The molecule has 0 saturated carbocycles. The summed E-state index contributed by atoms with van der Waals surface area (Å²) in [4.78, 5) is 11.2. The molecule has 5 nitrogen and oxygen atoms in total. The average Bonchev–Trinajstić information content (AvgIpc) is 2.96. The first kappa shape index (κ1) is 11.4. The molecule has 1 fully saturated rings. The monoisotopic (exact) mass is 245 g/mol. The van der Waals surface area contributed by atoms with Gasteiger partial charge >= 0.3 is 0 Å². The van der Waals surface area contributed by atoms with Crippen LogP contribution in [0.2, 0.25) is 0 Å². The smallest absolute Gasteiger partial charge is 0.254 e. The van der Waals surface area contributed by atoms with Gasteiger partial charge in [-0.2, -0.15) is 14.6 Å². The Hall–Kier alpha value is -1.65. The summed E-state index contributed by atoms with van der Waals surface area (Å²) in [6, 6.07) is 0. The molecule has 18 heavy (non-hydrogen) atoms. The van der Waals surface area contributed by atoms with Crippen molar-refractivity contribution in [3.8, 4) is 0 Å². The number of anilines is 1. The molecule has 5 heteroatoms. The van der Waals surface area contributed by atoms with Gasteiger partial charge in [-0.1, -0.05) is 13.8 Å². The second-order valence-electron chi connectivity index (χ2n) is 5.26. The maximum Gasteiger partial charge on any atom is 0.254 e. The summed E-state index contributed by atoms with van der Waals surface area (Å²) in [5, 5.41) is 4.35. The highest BCUT2D eigenvalue weighted by atomic mass is 15.4. The number of nitrogens with zero attached hydrogens (tertiary/aromatic N) is 5. The molecule has 1 aliphatic rings. The summed E-state index contributed by atoms with van der Waals surface area (Å²) in [6.45, 7) is 8.72. The average molecular weight is 245 g/mol. The minimum Gasteiger partial charge on any atom is -0.356 e. The van der Waals surface area contributed by atoms with E-state index in [2.05, 4.69) is 40.7 Å². The van der Waals surface area contributed by atoms with Crippen LogP contribution in [-0.2, 0) is 0 Å². The van der Waals surface area contributed by atoms with Gasteiger partial charge in [0.15, 0.2) is 0 Å². The van der Waals surface area contributed by atoms with Crippen LogP contribution in [0.3, 0.4) is 0 Å². The highest BCUT2D eigenvalue weighted by molar-refractivity contribution is 5.56. The normalized spacial score (nSPS) is 16.1. The standard InChI is InChI=1S/C13H19N5/c1-9(2)11-10(3)16-13-14-8-15-18(13)12(11)17-6-4-5-7-17/h8-9H,4-7H2,1-3H3. The van der Waals surface area contributed by atoms with Gasteiger partial charge in [-0.3, -0.25) is 0 Å². The third-order valence-corrected chi connectivity index (χ3v) is 3.61. The summed E-state index contributed by atoms with van der Waals surface area (Å²) in [5.41, 5.74) is 2.38. The maximum absolute atomic E-state index is 4.55. The maximum atomic E-state index is 4.55. The molecule has 2 aromatic rings. The minimum atomic E-state index is 0.446. The van der Waals surface area contributed by atoms with E-state index in [1.807, 2.05) is 4.52 Å². The third kappa shape index (κ3) is 1.65. The van der Waals surface area contributed by atoms with Gasteiger partial charge in [0, 0.05) is 24.3 Å². The van der Waals surface area contributed by atoms with Crippen molar-refractivity contribution in [1.29, 1.82) is 0 Å². The van der Waals surface area contributed by atoms with E-state index in [0.717, 1.165) is 18.8 Å². The predicted octanol–water partition coefficient (Wildman–Crippen LogP) is 2.16. The molecule has 2 aromatic heterocycles. The van der Waals surface area contributed by atoms with Gasteiger partial charge in [0.25, 0.3) is 5.78 Å². The topological polar surface area (TPSA) is 46.3 Å². The number of hydrogen-bond acceptors (Lipinski definition) is 4. The quantitative estimate of drug-likeness (QED) is 0.813. The molecule has 3 heterocycles. The summed E-state index contributed by atoms with van der Waals surface area (Å²) in [5.74, 6) is 2.35. The highest BCUT2D eigenvalue weighted by Crippen LogP contribution is 2.31. The molecular weight excluding hydrogens is 226 g/mol. The molecule has 0 unspecified atom stereocenters. The van der Waals surface area contributed by atoms with E-state index in [9.17, 15) is 0 Å². The van der Waals surface area contributed by atoms with E-state index in [-0.39, 0.29) is 0 Å². The van der Waals surface area contributed by atoms with E-state index in [0.29, 0.717) is 11.7 Å². The van der Waals surface area contributed by atoms with Crippen molar-refractivity contribution >= 4 is 11.6 Å². The first-order valence-corrected chi connectivity index (χ1v) is 6.63. The molecule has 0 amide bonds. The Morgan fingerprint density at radius 1 is 1.22 bits per heavy atom. The lowest BCUT2D eigenvalue weighted by Crippen LogP contribution is -2.24. The molecule has 0 aliphatic carbocycles. The summed E-state index contributed by atoms with van der Waals surface area (Å²) in [7, 11) is 0. The second-order valence-corrected chi connectivity index (χ2v) is 5.26. The van der Waals surface area contributed by atoms with Crippen LogP contribution in [0.4, 0.5) is 5.82 Å². The van der Waals surface area contributed by atoms with Crippen molar-refractivity contribution in [2.24, 2.45) is 0 Å². The lowest BCUT2D eigenvalue weighted by molar-refractivity contribution is 0.772. The molecule has 1 saturated heterocycles. The van der Waals surface area contributed by atoms with E-state index in [1.165, 1.54) is 24.2 Å². The van der Waals surface area contributed by atoms with Gasteiger partial charge in [0.05, 0.1) is 0 Å². The SMILES string of the molecule is Cc1nc2ncnn2c(N2CCCC2)c1C(C)C. The summed E-state index contributed by atoms with van der Waals surface area (Å²) in [6.07, 6.45) is 4.11. The molecule has 0 bridgehead atoms. The van der Waals surface area contributed by atoms with Crippen molar-refractivity contribution in [2.45, 2.75) is 39.5 Å². The van der Waals surface area contributed by atoms with Gasteiger partial charge < -0.3 is 4.90 Å². The zero-order chi connectivity index (χ0) is 12.7. The molecule has 3 rings (SSSR count). The number of rotatable bonds is 2. The zero-order valence-corrected chi connectivity index (χ0v) is 11.2. The molecule has 0 N–H and O–H groups in total. The van der Waals surface area contributed by atoms with Gasteiger partial charge in [-0.25, -0.2) is 4.98 Å². The second kappa shape index (κ2) is 4.23. The fraction of sp³-hybridized carbons (Fsp3) is 0.615. The van der Waals surface area contributed by atoms with Crippen LogP contribution in [0, 0.1) is 6.92 Å². The van der Waals surface area contributed by atoms with Crippen molar-refractivity contribution in [1.82, 2.24) is 19.6 Å². The van der Waals surface area contributed by atoms with Crippen LogP contribution in [0.15, 0.2) is 6.33 Å². The highest BCUT2D eigenvalue weighted by Gasteiger charge is 2.23. The Morgan fingerprint density at radius 2 is 1.94 bits per heavy atom. The van der Waals surface area contributed by atoms with E-state index < -0.39 is 0 Å². The fourth-order valence-corrected chi connectivity index (χ4v) is 2.86. The Kier molecular flexibility index (Phi) is 2.69. The van der Waals surface area contributed by atoms with Crippen LogP contribution in [-0.4, -0.2) is 32.7 Å². The number of aromatic nitrogens is 4. The molecule has 0 aromatic carbocycles. The van der Waals surface area contributed by atoms with Crippen LogP contribution < -0.4 is 4.90 Å². The first-order chi connectivity index (χ1) is 8.68. The lowest BCUT2D eigenvalue weighted by Gasteiger charge is -2.24. The van der Waals surface area contributed by atoms with Crippen LogP contribution in [0.25, 0.3) is 5.78 Å². The molecular formula is C13H19N5. The van der Waals surface area contributed by atoms with Gasteiger partial charge in [0.2, 0.25) is 0 Å². The van der Waals surface area contributed by atoms with Crippen LogP contribution in [0.1, 0.15) is 43.9 Å². The summed E-state index contributed by atoms with van der Waals surface area (Å²) < 4.78 is 1.90. The van der Waals surface area contributed by atoms with Crippen LogP contribution >= 0.6 is 0 Å². The third-order valence-electron chi connectivity index (χ3n) is 3.61. The van der Waals surface area contributed by atoms with Crippen molar-refractivity contribution in [3.63, 3.8) is 0 Å². The summed E-state index contributed by atoms with van der Waals surface area (Å²) >= 11 is 0. The van der Waals surface area contributed by atoms with Gasteiger partial charge in [-0.15, -0.1) is 0 Å². The minimum absolute atomic E-state index is 0.446. The fourth-order valence-electron chi connectivity index (χ4n) is 2.86. The zero-order valence-electron chi connectivity index (χ0n) is 11.2. The van der Waals surface area contributed by atoms with E-state index in [4.69, 9.17) is 0 Å². The van der Waals surface area contributed by atoms with Gasteiger partial charge in [0.1, 0.15) is 12.1 Å².